The van der Waals surface area contributed by atoms with Crippen LogP contribution in [0.15, 0.2) is 0 Å². The fourth-order valence-electron chi connectivity index (χ4n) is 0.174. The molecule has 0 heterocycles. The second-order valence-electron chi connectivity index (χ2n) is 1.09. The molecule has 0 amide bonds. The van der Waals surface area contributed by atoms with E-state index in [0.717, 1.165) is 0 Å². The molecule has 0 aliphatic carbocycles. The van der Waals surface area contributed by atoms with Gasteiger partial charge in [0.15, 0.2) is 0 Å². The summed E-state index contributed by atoms with van der Waals surface area (Å²) >= 11 is 0. The molecule has 4 heteroatoms. The molecule has 1 N–H and O–H groups in total. The van der Waals surface area contributed by atoms with E-state index in [0.29, 0.717) is 7.28 Å². The fraction of sp³-hybridized carbons (Fsp3) is 0.333. The molecule has 0 aromatic heterocycles. The Balaban J connectivity index is 3.32. The Bertz CT molecular complexity index is 86.4. The molecule has 0 aromatic rings. The van der Waals surface area contributed by atoms with E-state index in [1.165, 1.54) is 6.92 Å². The van der Waals surface area contributed by atoms with Gasteiger partial charge in [-0.3, -0.25) is 4.79 Å². The first-order valence-electron chi connectivity index (χ1n) is 1.71. The lowest BCUT2D eigenvalue weighted by Crippen LogP contribution is -2.13. The van der Waals surface area contributed by atoms with Crippen molar-refractivity contribution in [1.82, 2.24) is 0 Å². The van der Waals surface area contributed by atoms with Gasteiger partial charge in [-0.2, -0.15) is 0 Å². The molecule has 0 saturated carbocycles. The van der Waals surface area contributed by atoms with Crippen molar-refractivity contribution in [2.24, 2.45) is 0 Å². The minimum absolute atomic E-state index is 0.437. The standard InChI is InChI=1S/C3H4BO3/c1-2(5)4-3(6)7/h1H3,(H,6,7). The van der Waals surface area contributed by atoms with Gasteiger partial charge in [0.1, 0.15) is 0 Å². The van der Waals surface area contributed by atoms with Crippen LogP contribution < -0.4 is 0 Å². The van der Waals surface area contributed by atoms with Crippen LogP contribution in [0.1, 0.15) is 6.92 Å². The van der Waals surface area contributed by atoms with Crippen molar-refractivity contribution in [3.63, 3.8) is 0 Å². The molecule has 0 aliphatic rings. The molecule has 0 spiro atoms. The minimum atomic E-state index is -1.19. The molecule has 0 fully saturated rings. The highest BCUT2D eigenvalue weighted by molar-refractivity contribution is 6.95. The van der Waals surface area contributed by atoms with Gasteiger partial charge in [0.25, 0.3) is 5.87 Å². The van der Waals surface area contributed by atoms with Crippen LogP contribution in [0.2, 0.25) is 0 Å². The van der Waals surface area contributed by atoms with Crippen LogP contribution in [0, 0.1) is 0 Å². The first-order chi connectivity index (χ1) is 3.13. The van der Waals surface area contributed by atoms with Gasteiger partial charge in [0, 0.05) is 0 Å². The maximum absolute atomic E-state index is 9.82. The van der Waals surface area contributed by atoms with Gasteiger partial charge in [-0.25, -0.2) is 0 Å². The molecule has 0 bridgehead atoms. The normalized spacial score (nSPS) is 7.57. The fourth-order valence-corrected chi connectivity index (χ4v) is 0.174. The van der Waals surface area contributed by atoms with Gasteiger partial charge in [-0.05, 0) is 6.92 Å². The summed E-state index contributed by atoms with van der Waals surface area (Å²) < 4.78 is 0. The van der Waals surface area contributed by atoms with Gasteiger partial charge in [-0.15, -0.1) is 0 Å². The average Bonchev–Trinajstić information content (AvgIpc) is 1.27. The molecule has 0 atom stereocenters. The first-order valence-corrected chi connectivity index (χ1v) is 1.71. The molecular weight excluding hydrogens is 94.8 g/mol. The van der Waals surface area contributed by atoms with Gasteiger partial charge >= 0.3 is 7.28 Å². The van der Waals surface area contributed by atoms with E-state index >= 15 is 0 Å². The Morgan fingerprint density at radius 1 is 1.57 bits per heavy atom. The van der Waals surface area contributed by atoms with Gasteiger partial charge in [0.05, 0.1) is 5.68 Å². The maximum Gasteiger partial charge on any atom is 0.347 e. The molecule has 0 aromatic carbocycles. The number of carbonyl (C=O) groups is 2. The summed E-state index contributed by atoms with van der Waals surface area (Å²) in [5.74, 6) is -1.19. The van der Waals surface area contributed by atoms with E-state index in [4.69, 9.17) is 5.11 Å². The van der Waals surface area contributed by atoms with Crippen LogP contribution in [0.25, 0.3) is 0 Å². The molecule has 0 unspecified atom stereocenters. The molecule has 0 aliphatic heterocycles. The molecule has 0 rings (SSSR count). The summed E-state index contributed by atoms with van der Waals surface area (Å²) in [6.45, 7) is 1.19. The zero-order valence-electron chi connectivity index (χ0n) is 3.84. The van der Waals surface area contributed by atoms with E-state index in [-0.39, 0.29) is 0 Å². The summed E-state index contributed by atoms with van der Waals surface area (Å²) in [4.78, 5) is 19.4. The van der Waals surface area contributed by atoms with Crippen LogP contribution in [-0.2, 0) is 4.79 Å². The lowest BCUT2D eigenvalue weighted by atomic mass is 9.75. The van der Waals surface area contributed by atoms with Crippen molar-refractivity contribution in [3.8, 4) is 0 Å². The van der Waals surface area contributed by atoms with Crippen molar-refractivity contribution in [3.05, 3.63) is 0 Å². The summed E-state index contributed by atoms with van der Waals surface area (Å²) in [5, 5.41) is 7.81. The van der Waals surface area contributed by atoms with Crippen LogP contribution in [0.4, 0.5) is 4.79 Å². The smallest absolute Gasteiger partial charge is 0.347 e. The zero-order valence-corrected chi connectivity index (χ0v) is 3.84. The van der Waals surface area contributed by atoms with Crippen molar-refractivity contribution in [2.75, 3.05) is 0 Å². The minimum Gasteiger partial charge on any atom is -0.489 e. The Kier molecular flexibility index (Phi) is 2.12. The molecule has 0 saturated heterocycles. The van der Waals surface area contributed by atoms with E-state index in [1.54, 1.807) is 0 Å². The van der Waals surface area contributed by atoms with Crippen molar-refractivity contribution >= 4 is 18.8 Å². The number of rotatable bonds is 2. The van der Waals surface area contributed by atoms with Gasteiger partial charge in [0.2, 0.25) is 0 Å². The predicted octanol–water partition coefficient (Wildman–Crippen LogP) is -0.0849. The zero-order chi connectivity index (χ0) is 5.86. The second kappa shape index (κ2) is 2.39. The lowest BCUT2D eigenvalue weighted by molar-refractivity contribution is -0.110. The quantitative estimate of drug-likeness (QED) is 0.492. The van der Waals surface area contributed by atoms with E-state index in [1.807, 2.05) is 0 Å². The van der Waals surface area contributed by atoms with Crippen molar-refractivity contribution in [1.29, 1.82) is 0 Å². The largest absolute Gasteiger partial charge is 0.489 e. The third-order valence-electron chi connectivity index (χ3n) is 0.327. The number of carboxylic acid groups (broad SMARTS) is 1. The molecule has 7 heavy (non-hydrogen) atoms. The monoisotopic (exact) mass is 99.0 g/mol. The SMILES string of the molecule is CC(=O)[B]C(=O)O. The highest BCUT2D eigenvalue weighted by Gasteiger charge is 2.03. The summed E-state index contributed by atoms with van der Waals surface area (Å²) in [7, 11) is 0.611. The number of hydrogen-bond donors (Lipinski definition) is 1. The predicted molar refractivity (Wildman–Crippen MR) is 24.5 cm³/mol. The Morgan fingerprint density at radius 2 is 2.00 bits per heavy atom. The van der Waals surface area contributed by atoms with Crippen LogP contribution in [0.5, 0.6) is 0 Å². The summed E-state index contributed by atoms with van der Waals surface area (Å²) in [5.41, 5.74) is -0.437. The highest BCUT2D eigenvalue weighted by Crippen LogP contribution is 1.65. The maximum atomic E-state index is 9.82. The number of carbonyl (C=O) groups excluding carboxylic acids is 1. The van der Waals surface area contributed by atoms with Gasteiger partial charge < -0.3 is 9.90 Å². The first kappa shape index (κ1) is 6.20. The van der Waals surface area contributed by atoms with Crippen molar-refractivity contribution < 1.29 is 14.7 Å². The van der Waals surface area contributed by atoms with Crippen LogP contribution >= 0.6 is 0 Å². The third-order valence-corrected chi connectivity index (χ3v) is 0.327. The van der Waals surface area contributed by atoms with E-state index in [9.17, 15) is 9.59 Å². The number of hydrogen-bond acceptors (Lipinski definition) is 2. The van der Waals surface area contributed by atoms with E-state index < -0.39 is 11.6 Å². The lowest BCUT2D eigenvalue weighted by Gasteiger charge is -1.77. The Labute approximate surface area is 41.6 Å². The topological polar surface area (TPSA) is 54.4 Å². The third kappa shape index (κ3) is 5.20. The summed E-state index contributed by atoms with van der Waals surface area (Å²) in [6, 6.07) is 0. The van der Waals surface area contributed by atoms with Gasteiger partial charge in [-0.1, -0.05) is 0 Å². The van der Waals surface area contributed by atoms with Crippen LogP contribution in [0.3, 0.4) is 0 Å². The summed E-state index contributed by atoms with van der Waals surface area (Å²) in [6.07, 6.45) is 0. The Morgan fingerprint density at radius 3 is 2.00 bits per heavy atom. The molecule has 1 radical (unpaired) electrons. The van der Waals surface area contributed by atoms with E-state index in [2.05, 4.69) is 0 Å². The average molecular weight is 98.9 g/mol. The molecule has 37 valence electrons. The molecule has 3 nitrogen and oxygen atoms in total. The Hall–Kier alpha value is -0.795. The molecular formula is C3H4BO3. The second-order valence-corrected chi connectivity index (χ2v) is 1.09. The van der Waals surface area contributed by atoms with Crippen molar-refractivity contribution in [2.45, 2.75) is 6.92 Å². The highest BCUT2D eigenvalue weighted by atomic mass is 16.4. The van der Waals surface area contributed by atoms with Crippen LogP contribution in [-0.4, -0.2) is 23.9 Å².